The Labute approximate surface area is 131 Å². The second-order valence-electron chi connectivity index (χ2n) is 9.07. The maximum atomic E-state index is 12.9. The van der Waals surface area contributed by atoms with Crippen LogP contribution in [0.2, 0.25) is 0 Å². The number of likely N-dealkylation sites (tertiary alicyclic amines) is 1. The van der Waals surface area contributed by atoms with E-state index in [0.717, 1.165) is 44.9 Å². The van der Waals surface area contributed by atoms with Crippen LogP contribution in [0.1, 0.15) is 57.8 Å². The summed E-state index contributed by atoms with van der Waals surface area (Å²) in [6.07, 6.45) is 8.63. The predicted molar refractivity (Wildman–Crippen MR) is 80.4 cm³/mol. The molecule has 0 spiro atoms. The summed E-state index contributed by atoms with van der Waals surface area (Å²) in [5.74, 6) is 2.06. The molecule has 4 bridgehead atoms. The first kappa shape index (κ1) is 13.4. The van der Waals surface area contributed by atoms with Crippen molar-refractivity contribution in [1.29, 1.82) is 0 Å². The number of fused-ring (bicyclic) bond motifs is 1. The molecule has 5 aliphatic carbocycles. The highest BCUT2D eigenvalue weighted by atomic mass is 16.3. The fourth-order valence-corrected chi connectivity index (χ4v) is 6.92. The molecule has 0 aromatic rings. The van der Waals surface area contributed by atoms with Gasteiger partial charge in [-0.3, -0.25) is 14.5 Å². The molecule has 1 heterocycles. The molecule has 1 N–H and O–H groups in total. The molecule has 4 nitrogen and oxygen atoms in total. The summed E-state index contributed by atoms with van der Waals surface area (Å²) in [4.78, 5) is 18.5. The van der Waals surface area contributed by atoms with Gasteiger partial charge in [0.2, 0.25) is 5.91 Å². The van der Waals surface area contributed by atoms with Crippen LogP contribution in [0.4, 0.5) is 0 Å². The van der Waals surface area contributed by atoms with Crippen LogP contribution < -0.4 is 0 Å². The van der Waals surface area contributed by atoms with Crippen molar-refractivity contribution in [2.45, 2.75) is 75.6 Å². The Hall–Kier alpha value is -1.08. The Kier molecular flexibility index (Phi) is 2.47. The smallest absolute Gasteiger partial charge is 0.301 e. The minimum absolute atomic E-state index is 0.0372. The van der Waals surface area contributed by atoms with Gasteiger partial charge in [-0.1, -0.05) is 0 Å². The highest BCUT2D eigenvalue weighted by Gasteiger charge is 2.61. The molecular weight excluding hydrogens is 276 g/mol. The molecule has 4 heteroatoms. The van der Waals surface area contributed by atoms with Gasteiger partial charge in [-0.05, 0) is 68.1 Å². The van der Waals surface area contributed by atoms with E-state index in [9.17, 15) is 9.90 Å². The van der Waals surface area contributed by atoms with Gasteiger partial charge in [0, 0.05) is 18.9 Å². The van der Waals surface area contributed by atoms with Gasteiger partial charge in [-0.25, -0.2) is 6.57 Å². The van der Waals surface area contributed by atoms with Gasteiger partial charge in [-0.2, -0.15) is 0 Å². The number of hydrogen-bond acceptors (Lipinski definition) is 2. The molecule has 6 fully saturated rings. The molecule has 0 aromatic carbocycles. The van der Waals surface area contributed by atoms with Crippen LogP contribution in [-0.4, -0.2) is 33.7 Å². The summed E-state index contributed by atoms with van der Waals surface area (Å²) in [6, 6.07) is 0.364. The average molecular weight is 300 g/mol. The Balaban J connectivity index is 1.37. The highest BCUT2D eigenvalue weighted by Crippen LogP contribution is 2.63. The second-order valence-corrected chi connectivity index (χ2v) is 9.07. The molecule has 0 aromatic heterocycles. The molecule has 6 rings (SSSR count). The van der Waals surface area contributed by atoms with E-state index < -0.39 is 5.60 Å². The molecule has 0 radical (unpaired) electrons. The van der Waals surface area contributed by atoms with Crippen molar-refractivity contribution in [3.05, 3.63) is 11.4 Å². The molecule has 2 unspecified atom stereocenters. The van der Waals surface area contributed by atoms with Crippen molar-refractivity contribution in [3.63, 3.8) is 0 Å². The summed E-state index contributed by atoms with van der Waals surface area (Å²) in [5.41, 5.74) is -0.452. The van der Waals surface area contributed by atoms with Gasteiger partial charge in [-0.15, -0.1) is 0 Å². The molecule has 1 saturated heterocycles. The van der Waals surface area contributed by atoms with Crippen molar-refractivity contribution in [2.75, 3.05) is 0 Å². The predicted octanol–water partition coefficient (Wildman–Crippen LogP) is 2.57. The molecule has 22 heavy (non-hydrogen) atoms. The number of aliphatic hydroxyl groups is 1. The molecule has 1 aliphatic heterocycles. The van der Waals surface area contributed by atoms with Crippen LogP contribution >= 0.6 is 0 Å². The van der Waals surface area contributed by atoms with Gasteiger partial charge in [0.15, 0.2) is 0 Å². The lowest BCUT2D eigenvalue weighted by molar-refractivity contribution is -0.172. The van der Waals surface area contributed by atoms with Gasteiger partial charge in [0.1, 0.15) is 0 Å². The fourth-order valence-electron chi connectivity index (χ4n) is 6.92. The standard InChI is InChI=1S/C18H24N2O2/c1-19-15-4-13-3-14(13)20(15)16(21)9-17-5-11-2-12(6-17)8-18(22,7-11)10-17/h11-15,22H,2-10H2/t11?,12?,13-,14-,15-,17?,18?/m0/s1. The van der Waals surface area contributed by atoms with Crippen molar-refractivity contribution in [3.8, 4) is 0 Å². The van der Waals surface area contributed by atoms with E-state index in [2.05, 4.69) is 4.85 Å². The van der Waals surface area contributed by atoms with Gasteiger partial charge in [0.05, 0.1) is 5.60 Å². The lowest BCUT2D eigenvalue weighted by atomic mass is 9.47. The van der Waals surface area contributed by atoms with E-state index in [1.807, 2.05) is 4.90 Å². The van der Waals surface area contributed by atoms with Crippen molar-refractivity contribution < 1.29 is 9.90 Å². The number of carbonyl (C=O) groups excluding carboxylic acids is 1. The Morgan fingerprint density at radius 3 is 2.55 bits per heavy atom. The van der Waals surface area contributed by atoms with Crippen LogP contribution in [0.15, 0.2) is 0 Å². The van der Waals surface area contributed by atoms with Crippen LogP contribution in [0.25, 0.3) is 4.85 Å². The minimum Gasteiger partial charge on any atom is -0.390 e. The zero-order valence-electron chi connectivity index (χ0n) is 13.0. The number of hydrogen-bond donors (Lipinski definition) is 1. The molecule has 1 amide bonds. The highest BCUT2D eigenvalue weighted by molar-refractivity contribution is 5.79. The zero-order valence-corrected chi connectivity index (χ0v) is 13.0. The monoisotopic (exact) mass is 300 g/mol. The number of amides is 1. The van der Waals surface area contributed by atoms with Crippen LogP contribution in [0.3, 0.4) is 0 Å². The lowest BCUT2D eigenvalue weighted by Gasteiger charge is -2.60. The Morgan fingerprint density at radius 1 is 1.18 bits per heavy atom. The molecule has 118 valence electrons. The summed E-state index contributed by atoms with van der Waals surface area (Å²) in [7, 11) is 0. The third-order valence-corrected chi connectivity index (χ3v) is 7.19. The van der Waals surface area contributed by atoms with Crippen LogP contribution in [0, 0.1) is 29.7 Å². The van der Waals surface area contributed by atoms with E-state index in [1.54, 1.807) is 0 Å². The maximum absolute atomic E-state index is 12.9. The van der Waals surface area contributed by atoms with E-state index in [4.69, 9.17) is 6.57 Å². The third kappa shape index (κ3) is 1.81. The first-order valence-electron chi connectivity index (χ1n) is 8.89. The van der Waals surface area contributed by atoms with E-state index in [0.29, 0.717) is 30.2 Å². The SMILES string of the molecule is [C-]#[N+][C@@H]1C[C@@H]2C[C@@H]2N1C(=O)CC12CC3CC(CC(O)(C3)C1)C2. The molecule has 6 aliphatic rings. The number of carbonyl (C=O) groups is 1. The van der Waals surface area contributed by atoms with E-state index in [-0.39, 0.29) is 17.5 Å². The summed E-state index contributed by atoms with van der Waals surface area (Å²) >= 11 is 0. The third-order valence-electron chi connectivity index (χ3n) is 7.19. The van der Waals surface area contributed by atoms with E-state index >= 15 is 0 Å². The topological polar surface area (TPSA) is 44.9 Å². The zero-order chi connectivity index (χ0) is 15.1. The Morgan fingerprint density at radius 2 is 1.91 bits per heavy atom. The van der Waals surface area contributed by atoms with Crippen LogP contribution in [0.5, 0.6) is 0 Å². The molecule has 5 saturated carbocycles. The average Bonchev–Trinajstić information content (AvgIpc) is 3.05. The fraction of sp³-hybridized carbons (Fsp3) is 0.889. The lowest BCUT2D eigenvalue weighted by Crippen LogP contribution is -2.56. The number of nitrogens with zero attached hydrogens (tertiary/aromatic N) is 2. The normalized spacial score (nSPS) is 54.2. The maximum Gasteiger partial charge on any atom is 0.301 e. The first-order chi connectivity index (χ1) is 10.5. The van der Waals surface area contributed by atoms with Crippen molar-refractivity contribution in [2.24, 2.45) is 23.2 Å². The second kappa shape index (κ2) is 4.06. The van der Waals surface area contributed by atoms with Crippen molar-refractivity contribution in [1.82, 2.24) is 4.90 Å². The van der Waals surface area contributed by atoms with E-state index in [1.165, 1.54) is 6.42 Å². The van der Waals surface area contributed by atoms with Crippen molar-refractivity contribution >= 4 is 5.91 Å². The number of rotatable bonds is 2. The van der Waals surface area contributed by atoms with Gasteiger partial charge in [0.25, 0.3) is 0 Å². The van der Waals surface area contributed by atoms with Gasteiger partial charge >= 0.3 is 6.17 Å². The first-order valence-corrected chi connectivity index (χ1v) is 8.89. The molecular formula is C18H24N2O2. The largest absolute Gasteiger partial charge is 0.390 e. The number of piperidine rings is 1. The minimum atomic E-state index is -0.489. The van der Waals surface area contributed by atoms with Crippen LogP contribution in [-0.2, 0) is 4.79 Å². The Bertz CT molecular complexity index is 566. The quantitative estimate of drug-likeness (QED) is 0.797. The molecule has 5 atom stereocenters. The summed E-state index contributed by atoms with van der Waals surface area (Å²) in [5, 5.41) is 10.8. The summed E-state index contributed by atoms with van der Waals surface area (Å²) < 4.78 is 0. The summed E-state index contributed by atoms with van der Waals surface area (Å²) in [6.45, 7) is 7.35. The van der Waals surface area contributed by atoms with Gasteiger partial charge < -0.3 is 5.11 Å².